The third-order valence-corrected chi connectivity index (χ3v) is 7.83. The second kappa shape index (κ2) is 12.2. The van der Waals surface area contributed by atoms with Crippen LogP contribution in [0.1, 0.15) is 53.4 Å². The lowest BCUT2D eigenvalue weighted by Crippen LogP contribution is -2.57. The third-order valence-electron chi connectivity index (χ3n) is 5.30. The van der Waals surface area contributed by atoms with Crippen LogP contribution in [-0.2, 0) is 14.6 Å². The second-order valence-electron chi connectivity index (χ2n) is 8.23. The first-order valence-corrected chi connectivity index (χ1v) is 11.6. The number of likely N-dealkylation sites (N-methyl/N-ethyl adjacent to an activating group) is 1. The Labute approximate surface area is 188 Å². The number of amides is 1. The topological polar surface area (TPSA) is 82.1 Å². The summed E-state index contributed by atoms with van der Waals surface area (Å²) in [6.07, 6.45) is 4.61. The Morgan fingerprint density at radius 3 is 2.43 bits per heavy atom. The first-order valence-electron chi connectivity index (χ1n) is 9.99. The maximum Gasteiger partial charge on any atom is 0.243 e. The molecule has 0 aromatic heterocycles. The van der Waals surface area contributed by atoms with Crippen molar-refractivity contribution < 1.29 is 13.2 Å². The van der Waals surface area contributed by atoms with Crippen molar-refractivity contribution in [1.82, 2.24) is 15.1 Å². The van der Waals surface area contributed by atoms with Gasteiger partial charge < -0.3 is 15.1 Å². The van der Waals surface area contributed by atoms with Crippen LogP contribution in [0.3, 0.4) is 0 Å². The van der Waals surface area contributed by atoms with E-state index in [2.05, 4.69) is 24.2 Å². The molecule has 1 rings (SSSR count). The molecular formula is C19H39IN4O3S. The lowest BCUT2D eigenvalue weighted by Gasteiger charge is -2.39. The van der Waals surface area contributed by atoms with Gasteiger partial charge in [-0.25, -0.2) is 13.4 Å². The highest BCUT2D eigenvalue weighted by Crippen LogP contribution is 2.24. The number of carbonyl (C=O) groups excluding carboxylic acids is 1. The molecule has 0 spiro atoms. The number of hydrogen-bond donors (Lipinski definition) is 1. The molecule has 1 saturated heterocycles. The first-order chi connectivity index (χ1) is 12.5. The SMILES string of the molecule is CCCCC(CC)CNC(=NCC(=O)N(C)C)N1CCS(=O)(=O)C(C)(C)C1.I. The molecule has 166 valence electrons. The average molecular weight is 531 g/mol. The number of rotatable bonds is 8. The van der Waals surface area contributed by atoms with E-state index >= 15 is 0 Å². The highest BCUT2D eigenvalue weighted by molar-refractivity contribution is 14.0. The molecule has 7 nitrogen and oxygen atoms in total. The summed E-state index contributed by atoms with van der Waals surface area (Å²) in [6, 6.07) is 0. The van der Waals surface area contributed by atoms with Crippen molar-refractivity contribution in [3.8, 4) is 0 Å². The number of carbonyl (C=O) groups is 1. The van der Waals surface area contributed by atoms with E-state index in [9.17, 15) is 13.2 Å². The van der Waals surface area contributed by atoms with Gasteiger partial charge in [-0.15, -0.1) is 24.0 Å². The highest BCUT2D eigenvalue weighted by Gasteiger charge is 2.41. The number of unbranched alkanes of at least 4 members (excludes halogenated alkanes) is 1. The van der Waals surface area contributed by atoms with E-state index in [-0.39, 0.29) is 42.2 Å². The van der Waals surface area contributed by atoms with Gasteiger partial charge in [-0.05, 0) is 26.2 Å². The Bertz CT molecular complexity index is 621. The predicted octanol–water partition coefficient (Wildman–Crippen LogP) is 2.36. The fraction of sp³-hybridized carbons (Fsp3) is 0.895. The van der Waals surface area contributed by atoms with Crippen molar-refractivity contribution in [1.29, 1.82) is 0 Å². The Morgan fingerprint density at radius 1 is 1.29 bits per heavy atom. The second-order valence-corrected chi connectivity index (χ2v) is 11.0. The predicted molar refractivity (Wildman–Crippen MR) is 127 cm³/mol. The molecule has 1 heterocycles. The summed E-state index contributed by atoms with van der Waals surface area (Å²) in [6.45, 7) is 9.52. The molecule has 1 N–H and O–H groups in total. The number of hydrogen-bond acceptors (Lipinski definition) is 4. The van der Waals surface area contributed by atoms with Crippen molar-refractivity contribution >= 4 is 45.7 Å². The maximum atomic E-state index is 12.3. The molecule has 1 amide bonds. The van der Waals surface area contributed by atoms with Crippen LogP contribution in [0, 0.1) is 5.92 Å². The van der Waals surface area contributed by atoms with Crippen molar-refractivity contribution in [2.45, 2.75) is 58.1 Å². The van der Waals surface area contributed by atoms with Gasteiger partial charge in [0.1, 0.15) is 6.54 Å². The van der Waals surface area contributed by atoms with Crippen LogP contribution < -0.4 is 5.32 Å². The Kier molecular flexibility index (Phi) is 11.9. The van der Waals surface area contributed by atoms with Crippen molar-refractivity contribution in [3.05, 3.63) is 0 Å². The van der Waals surface area contributed by atoms with E-state index in [4.69, 9.17) is 0 Å². The van der Waals surface area contributed by atoms with Crippen LogP contribution in [0.4, 0.5) is 0 Å². The van der Waals surface area contributed by atoms with Gasteiger partial charge in [-0.1, -0.05) is 33.1 Å². The van der Waals surface area contributed by atoms with Crippen molar-refractivity contribution in [2.75, 3.05) is 46.0 Å². The molecule has 1 aliphatic rings. The van der Waals surface area contributed by atoms with Crippen molar-refractivity contribution in [3.63, 3.8) is 0 Å². The largest absolute Gasteiger partial charge is 0.356 e. The van der Waals surface area contributed by atoms with Gasteiger partial charge in [0.2, 0.25) is 5.91 Å². The number of halogens is 1. The minimum absolute atomic E-state index is 0. The van der Waals surface area contributed by atoms with Gasteiger partial charge >= 0.3 is 0 Å². The molecule has 0 radical (unpaired) electrons. The molecule has 1 fully saturated rings. The number of aliphatic imine (C=N–C) groups is 1. The summed E-state index contributed by atoms with van der Waals surface area (Å²) in [5, 5.41) is 3.42. The fourth-order valence-corrected chi connectivity index (χ4v) is 4.42. The minimum atomic E-state index is -3.12. The molecular weight excluding hydrogens is 491 g/mol. The summed E-state index contributed by atoms with van der Waals surface area (Å²) in [4.78, 5) is 20.0. The highest BCUT2D eigenvalue weighted by atomic mass is 127. The van der Waals surface area contributed by atoms with Crippen LogP contribution in [0.5, 0.6) is 0 Å². The molecule has 0 aromatic carbocycles. The van der Waals surface area contributed by atoms with Crippen LogP contribution in [-0.4, -0.2) is 80.9 Å². The molecule has 1 unspecified atom stereocenters. The van der Waals surface area contributed by atoms with E-state index in [0.717, 1.165) is 19.4 Å². The van der Waals surface area contributed by atoms with E-state index in [0.29, 0.717) is 25.0 Å². The summed E-state index contributed by atoms with van der Waals surface area (Å²) < 4.78 is 23.8. The first kappa shape index (κ1) is 27.4. The van der Waals surface area contributed by atoms with Gasteiger partial charge in [0.25, 0.3) is 0 Å². The maximum absolute atomic E-state index is 12.3. The zero-order chi connectivity index (χ0) is 20.7. The number of guanidine groups is 1. The van der Waals surface area contributed by atoms with Crippen LogP contribution in [0.25, 0.3) is 0 Å². The molecule has 28 heavy (non-hydrogen) atoms. The average Bonchev–Trinajstić information content (AvgIpc) is 2.59. The summed E-state index contributed by atoms with van der Waals surface area (Å²) in [5.74, 6) is 1.22. The van der Waals surface area contributed by atoms with Crippen LogP contribution in [0.15, 0.2) is 4.99 Å². The zero-order valence-corrected chi connectivity index (χ0v) is 21.5. The fourth-order valence-electron chi connectivity index (χ4n) is 3.06. The molecule has 1 atom stereocenters. The molecule has 9 heteroatoms. The molecule has 0 bridgehead atoms. The zero-order valence-electron chi connectivity index (χ0n) is 18.3. The summed E-state index contributed by atoms with van der Waals surface area (Å²) >= 11 is 0. The van der Waals surface area contributed by atoms with Crippen molar-refractivity contribution in [2.24, 2.45) is 10.9 Å². The lowest BCUT2D eigenvalue weighted by molar-refractivity contribution is -0.127. The Hall–Kier alpha value is -0.580. The number of sulfone groups is 1. The normalized spacial score (nSPS) is 19.5. The van der Waals surface area contributed by atoms with Gasteiger partial charge in [0.15, 0.2) is 15.8 Å². The molecule has 1 aliphatic heterocycles. The standard InChI is InChI=1S/C19H38N4O3S.HI/c1-7-9-10-16(8-2)13-20-18(21-14-17(24)22(5)6)23-11-12-27(25,26)19(3,4)15-23;/h16H,7-15H2,1-6H3,(H,20,21);1H. The molecule has 0 saturated carbocycles. The van der Waals surface area contributed by atoms with E-state index in [1.807, 2.05) is 4.90 Å². The van der Waals surface area contributed by atoms with Gasteiger partial charge in [-0.3, -0.25) is 4.79 Å². The van der Waals surface area contributed by atoms with E-state index < -0.39 is 14.6 Å². The minimum Gasteiger partial charge on any atom is -0.356 e. The Morgan fingerprint density at radius 2 is 1.93 bits per heavy atom. The van der Waals surface area contributed by atoms with Crippen LogP contribution >= 0.6 is 24.0 Å². The molecule has 0 aliphatic carbocycles. The van der Waals surface area contributed by atoms with E-state index in [1.54, 1.807) is 27.9 Å². The van der Waals surface area contributed by atoms with Crippen LogP contribution in [0.2, 0.25) is 0 Å². The smallest absolute Gasteiger partial charge is 0.243 e. The van der Waals surface area contributed by atoms with Gasteiger partial charge in [-0.2, -0.15) is 0 Å². The molecule has 0 aromatic rings. The number of nitrogens with zero attached hydrogens (tertiary/aromatic N) is 3. The Balaban J connectivity index is 0.00000729. The van der Waals surface area contributed by atoms with Gasteiger partial charge in [0, 0.05) is 33.7 Å². The summed E-state index contributed by atoms with van der Waals surface area (Å²) in [7, 11) is 0.296. The number of nitrogens with one attached hydrogen (secondary N) is 1. The lowest BCUT2D eigenvalue weighted by atomic mass is 9.99. The van der Waals surface area contributed by atoms with Gasteiger partial charge in [0.05, 0.1) is 10.5 Å². The summed E-state index contributed by atoms with van der Waals surface area (Å²) in [5.41, 5.74) is 0. The third kappa shape index (κ3) is 8.04. The monoisotopic (exact) mass is 530 g/mol. The quantitative estimate of drug-likeness (QED) is 0.296. The van der Waals surface area contributed by atoms with E-state index in [1.165, 1.54) is 17.7 Å².